The molecule has 7 heteroatoms. The van der Waals surface area contributed by atoms with E-state index in [2.05, 4.69) is 10.3 Å². The van der Waals surface area contributed by atoms with Gasteiger partial charge >= 0.3 is 0 Å². The van der Waals surface area contributed by atoms with Crippen molar-refractivity contribution in [1.29, 1.82) is 0 Å². The molecular formula is C17H15N3O4. The lowest BCUT2D eigenvalue weighted by Gasteiger charge is -2.12. The van der Waals surface area contributed by atoms with Crippen LogP contribution in [0.25, 0.3) is 10.9 Å². The summed E-state index contributed by atoms with van der Waals surface area (Å²) in [5.74, 6) is 1.80. The highest BCUT2D eigenvalue weighted by atomic mass is 16.6. The number of aromatic nitrogens is 1. The van der Waals surface area contributed by atoms with Gasteiger partial charge in [-0.15, -0.1) is 0 Å². The van der Waals surface area contributed by atoms with E-state index in [4.69, 9.17) is 9.47 Å². The molecule has 3 aromatic rings. The van der Waals surface area contributed by atoms with Gasteiger partial charge in [-0.2, -0.15) is 0 Å². The smallest absolute Gasteiger partial charge is 0.269 e. The van der Waals surface area contributed by atoms with Crippen molar-refractivity contribution in [1.82, 2.24) is 4.98 Å². The van der Waals surface area contributed by atoms with Gasteiger partial charge in [0, 0.05) is 36.8 Å². The lowest BCUT2D eigenvalue weighted by molar-refractivity contribution is -0.384. The number of ether oxygens (including phenoxy) is 2. The fourth-order valence-corrected chi connectivity index (χ4v) is 2.36. The first-order valence-corrected chi connectivity index (χ1v) is 7.19. The summed E-state index contributed by atoms with van der Waals surface area (Å²) in [6.45, 7) is 0. The molecule has 0 spiro atoms. The minimum atomic E-state index is -0.447. The summed E-state index contributed by atoms with van der Waals surface area (Å²) in [5, 5.41) is 14.6. The van der Waals surface area contributed by atoms with Crippen LogP contribution in [0, 0.1) is 10.1 Å². The molecule has 3 rings (SSSR count). The second-order valence-electron chi connectivity index (χ2n) is 4.98. The highest BCUT2D eigenvalue weighted by Crippen LogP contribution is 2.35. The van der Waals surface area contributed by atoms with Crippen LogP contribution < -0.4 is 14.8 Å². The van der Waals surface area contributed by atoms with Crippen LogP contribution in [0.5, 0.6) is 17.2 Å². The Hall–Kier alpha value is -3.35. The van der Waals surface area contributed by atoms with E-state index in [0.717, 1.165) is 16.6 Å². The van der Waals surface area contributed by atoms with Gasteiger partial charge in [0.25, 0.3) is 5.69 Å². The summed E-state index contributed by atoms with van der Waals surface area (Å²) in [6.07, 6.45) is 1.64. The number of nitro benzene ring substituents is 1. The van der Waals surface area contributed by atoms with Gasteiger partial charge in [0.15, 0.2) is 0 Å². The van der Waals surface area contributed by atoms with E-state index < -0.39 is 4.92 Å². The molecule has 0 radical (unpaired) electrons. The van der Waals surface area contributed by atoms with E-state index in [1.807, 2.05) is 12.1 Å². The number of benzene rings is 2. The van der Waals surface area contributed by atoms with Crippen molar-refractivity contribution in [2.24, 2.45) is 0 Å². The van der Waals surface area contributed by atoms with Crippen LogP contribution in [0.3, 0.4) is 0 Å². The third kappa shape index (κ3) is 2.91. The zero-order valence-electron chi connectivity index (χ0n) is 13.1. The monoisotopic (exact) mass is 325 g/mol. The fourth-order valence-electron chi connectivity index (χ4n) is 2.36. The number of fused-ring (bicyclic) bond motifs is 1. The second kappa shape index (κ2) is 6.41. The number of hydrogen-bond acceptors (Lipinski definition) is 6. The largest absolute Gasteiger partial charge is 0.495 e. The third-order valence-electron chi connectivity index (χ3n) is 3.57. The Kier molecular flexibility index (Phi) is 4.15. The molecule has 0 aliphatic carbocycles. The Balaban J connectivity index is 2.01. The maximum absolute atomic E-state index is 10.7. The van der Waals surface area contributed by atoms with Crippen molar-refractivity contribution in [2.45, 2.75) is 0 Å². The predicted octanol–water partition coefficient (Wildman–Crippen LogP) is 3.99. The van der Waals surface area contributed by atoms with Crippen LogP contribution in [0.1, 0.15) is 0 Å². The van der Waals surface area contributed by atoms with Gasteiger partial charge in [-0.25, -0.2) is 0 Å². The molecule has 0 bridgehead atoms. The molecule has 1 heterocycles. The fraction of sp³-hybridized carbons (Fsp3) is 0.118. The molecule has 0 saturated heterocycles. The lowest BCUT2D eigenvalue weighted by atomic mass is 10.1. The molecule has 0 fully saturated rings. The van der Waals surface area contributed by atoms with E-state index >= 15 is 0 Å². The Morgan fingerprint density at radius 3 is 2.50 bits per heavy atom. The number of rotatable bonds is 5. The minimum Gasteiger partial charge on any atom is -0.495 e. The first-order chi connectivity index (χ1) is 11.6. The Morgan fingerprint density at radius 2 is 1.88 bits per heavy atom. The van der Waals surface area contributed by atoms with Crippen LogP contribution in [0.2, 0.25) is 0 Å². The third-order valence-corrected chi connectivity index (χ3v) is 3.57. The summed E-state index contributed by atoms with van der Waals surface area (Å²) >= 11 is 0. The van der Waals surface area contributed by atoms with Gasteiger partial charge in [-0.05, 0) is 24.3 Å². The number of nitrogens with zero attached hydrogens (tertiary/aromatic N) is 2. The minimum absolute atomic E-state index is 0.0177. The van der Waals surface area contributed by atoms with Crippen LogP contribution in [0.15, 0.2) is 48.7 Å². The Morgan fingerprint density at radius 1 is 1.12 bits per heavy atom. The van der Waals surface area contributed by atoms with E-state index in [-0.39, 0.29) is 5.69 Å². The van der Waals surface area contributed by atoms with Crippen LogP contribution in [-0.2, 0) is 0 Å². The molecular weight excluding hydrogens is 310 g/mol. The maximum Gasteiger partial charge on any atom is 0.269 e. The normalized spacial score (nSPS) is 10.4. The molecule has 2 aromatic carbocycles. The van der Waals surface area contributed by atoms with Gasteiger partial charge in [0.2, 0.25) is 0 Å². The average Bonchev–Trinajstić information content (AvgIpc) is 2.61. The molecule has 0 aliphatic heterocycles. The molecule has 7 nitrogen and oxygen atoms in total. The van der Waals surface area contributed by atoms with Crippen molar-refractivity contribution in [3.8, 4) is 17.2 Å². The molecule has 0 saturated carbocycles. The number of hydrogen-bond donors (Lipinski definition) is 1. The first-order valence-electron chi connectivity index (χ1n) is 7.19. The van der Waals surface area contributed by atoms with Crippen molar-refractivity contribution in [2.75, 3.05) is 19.5 Å². The number of pyridine rings is 1. The zero-order chi connectivity index (χ0) is 17.1. The molecule has 0 atom stereocenters. The zero-order valence-corrected chi connectivity index (χ0v) is 13.1. The maximum atomic E-state index is 10.7. The number of methoxy groups -OCH3 is 1. The van der Waals surface area contributed by atoms with E-state index in [1.165, 1.54) is 12.1 Å². The molecule has 1 aromatic heterocycles. The van der Waals surface area contributed by atoms with Crippen LogP contribution >= 0.6 is 0 Å². The van der Waals surface area contributed by atoms with Crippen molar-refractivity contribution >= 4 is 22.3 Å². The molecule has 0 unspecified atom stereocenters. The summed E-state index contributed by atoms with van der Waals surface area (Å²) in [5.41, 5.74) is 1.56. The topological polar surface area (TPSA) is 86.5 Å². The SMILES string of the molecule is CNc1cc2c(Oc3ccc([N+](=O)[O-])cc3)ccnc2cc1OC. The molecule has 0 amide bonds. The number of non-ortho nitro benzene ring substituents is 1. The summed E-state index contributed by atoms with van der Waals surface area (Å²) in [7, 11) is 3.40. The van der Waals surface area contributed by atoms with E-state index in [0.29, 0.717) is 17.2 Å². The molecule has 24 heavy (non-hydrogen) atoms. The number of anilines is 1. The average molecular weight is 325 g/mol. The highest BCUT2D eigenvalue weighted by molar-refractivity contribution is 5.90. The van der Waals surface area contributed by atoms with Gasteiger partial charge in [-0.3, -0.25) is 15.1 Å². The summed E-state index contributed by atoms with van der Waals surface area (Å²) < 4.78 is 11.2. The standard InChI is InChI=1S/C17H15N3O4/c1-18-15-9-13-14(10-17(15)23-2)19-8-7-16(13)24-12-5-3-11(4-6-12)20(21)22/h3-10,18H,1-2H3. The molecule has 1 N–H and O–H groups in total. The quantitative estimate of drug-likeness (QED) is 0.564. The van der Waals surface area contributed by atoms with Crippen LogP contribution in [-0.4, -0.2) is 24.1 Å². The molecule has 0 aliphatic rings. The summed E-state index contributed by atoms with van der Waals surface area (Å²) in [4.78, 5) is 14.6. The summed E-state index contributed by atoms with van der Waals surface area (Å²) in [6, 6.07) is 11.4. The second-order valence-corrected chi connectivity index (χ2v) is 4.98. The lowest BCUT2D eigenvalue weighted by Crippen LogP contribution is -1.95. The van der Waals surface area contributed by atoms with E-state index in [9.17, 15) is 10.1 Å². The van der Waals surface area contributed by atoms with Gasteiger partial charge < -0.3 is 14.8 Å². The van der Waals surface area contributed by atoms with Gasteiger partial charge in [-0.1, -0.05) is 0 Å². The highest BCUT2D eigenvalue weighted by Gasteiger charge is 2.11. The Bertz CT molecular complexity index is 894. The van der Waals surface area contributed by atoms with Gasteiger partial charge in [0.05, 0.1) is 23.2 Å². The van der Waals surface area contributed by atoms with Crippen molar-refractivity contribution in [3.05, 3.63) is 58.8 Å². The molecule has 122 valence electrons. The Labute approximate surface area is 138 Å². The first kappa shape index (κ1) is 15.5. The predicted molar refractivity (Wildman–Crippen MR) is 91.0 cm³/mol. The van der Waals surface area contributed by atoms with E-state index in [1.54, 1.807) is 38.6 Å². The number of nitro groups is 1. The number of nitrogens with one attached hydrogen (secondary N) is 1. The van der Waals surface area contributed by atoms with Crippen molar-refractivity contribution < 1.29 is 14.4 Å². The van der Waals surface area contributed by atoms with Crippen molar-refractivity contribution in [3.63, 3.8) is 0 Å². The van der Waals surface area contributed by atoms with Crippen LogP contribution in [0.4, 0.5) is 11.4 Å². The van der Waals surface area contributed by atoms with Gasteiger partial charge in [0.1, 0.15) is 17.2 Å².